The maximum Gasteiger partial charge on any atom is 0.0391 e. The predicted molar refractivity (Wildman–Crippen MR) is 51.3 cm³/mol. The van der Waals surface area contributed by atoms with Gasteiger partial charge >= 0.3 is 0 Å². The van der Waals surface area contributed by atoms with Crippen LogP contribution >= 0.6 is 0 Å². The monoisotopic (exact) mass is 168 g/mol. The van der Waals surface area contributed by atoms with Gasteiger partial charge in [-0.05, 0) is 25.9 Å². The van der Waals surface area contributed by atoms with E-state index in [2.05, 4.69) is 37.7 Å². The molecule has 1 heterocycles. The van der Waals surface area contributed by atoms with Crippen molar-refractivity contribution in [3.63, 3.8) is 0 Å². The van der Waals surface area contributed by atoms with Gasteiger partial charge in [0.1, 0.15) is 0 Å². The molecule has 0 bridgehead atoms. The lowest BCUT2D eigenvalue weighted by atomic mass is 10.0. The zero-order valence-electron chi connectivity index (χ0n) is 8.72. The van der Waals surface area contributed by atoms with E-state index in [0.717, 1.165) is 0 Å². The van der Waals surface area contributed by atoms with E-state index < -0.39 is 0 Å². The first-order valence-electron chi connectivity index (χ1n) is 4.88. The predicted octanol–water partition coefficient (Wildman–Crippen LogP) is 1.03. The molecule has 2 rings (SSSR count). The van der Waals surface area contributed by atoms with Gasteiger partial charge in [0, 0.05) is 25.2 Å². The van der Waals surface area contributed by atoms with E-state index in [4.69, 9.17) is 0 Å². The summed E-state index contributed by atoms with van der Waals surface area (Å²) < 4.78 is 0. The van der Waals surface area contributed by atoms with Crippen LogP contribution in [0.25, 0.3) is 0 Å². The first-order valence-corrected chi connectivity index (χ1v) is 4.88. The van der Waals surface area contributed by atoms with Gasteiger partial charge in [0.25, 0.3) is 0 Å². The van der Waals surface area contributed by atoms with Gasteiger partial charge in [0.2, 0.25) is 0 Å². The van der Waals surface area contributed by atoms with Gasteiger partial charge in [-0.2, -0.15) is 0 Å². The van der Waals surface area contributed by atoms with Crippen molar-refractivity contribution in [1.82, 2.24) is 9.80 Å². The minimum Gasteiger partial charge on any atom is -0.303 e. The number of hydrogen-bond donors (Lipinski definition) is 0. The van der Waals surface area contributed by atoms with Crippen LogP contribution in [0, 0.1) is 5.41 Å². The minimum atomic E-state index is 0.514. The summed E-state index contributed by atoms with van der Waals surface area (Å²) in [5, 5.41) is 0. The molecule has 0 amide bonds. The van der Waals surface area contributed by atoms with Gasteiger partial charge in [-0.1, -0.05) is 13.8 Å². The van der Waals surface area contributed by atoms with Crippen molar-refractivity contribution in [2.75, 3.05) is 33.7 Å². The molecule has 1 saturated carbocycles. The first-order chi connectivity index (χ1) is 5.48. The quantitative estimate of drug-likeness (QED) is 0.533. The second kappa shape index (κ2) is 2.24. The summed E-state index contributed by atoms with van der Waals surface area (Å²) in [6.07, 6.45) is 1.38. The molecule has 2 fully saturated rings. The SMILES string of the molecule is CN1CCN(C)C2(C1)CC2(C)C. The Morgan fingerprint density at radius 2 is 1.67 bits per heavy atom. The van der Waals surface area contributed by atoms with Crippen molar-refractivity contribution in [3.05, 3.63) is 0 Å². The second-order valence-corrected chi connectivity index (χ2v) is 5.25. The molecule has 2 aliphatic rings. The number of nitrogens with zero attached hydrogens (tertiary/aromatic N) is 2. The average Bonchev–Trinajstić information content (AvgIpc) is 2.47. The first kappa shape index (κ1) is 8.52. The van der Waals surface area contributed by atoms with Crippen molar-refractivity contribution in [2.45, 2.75) is 25.8 Å². The zero-order chi connectivity index (χ0) is 8.98. The topological polar surface area (TPSA) is 6.48 Å². The van der Waals surface area contributed by atoms with E-state index in [9.17, 15) is 0 Å². The van der Waals surface area contributed by atoms with Crippen molar-refractivity contribution < 1.29 is 0 Å². The summed E-state index contributed by atoms with van der Waals surface area (Å²) in [6, 6.07) is 0. The molecule has 1 aliphatic carbocycles. The van der Waals surface area contributed by atoms with Crippen LogP contribution in [0.15, 0.2) is 0 Å². The maximum atomic E-state index is 2.56. The molecule has 70 valence electrons. The Balaban J connectivity index is 2.14. The van der Waals surface area contributed by atoms with Crippen LogP contribution in [0.1, 0.15) is 20.3 Å². The lowest BCUT2D eigenvalue weighted by molar-refractivity contribution is 0.0739. The molecular formula is C10H20N2. The molecule has 0 aromatic carbocycles. The minimum absolute atomic E-state index is 0.514. The summed E-state index contributed by atoms with van der Waals surface area (Å²) in [5.41, 5.74) is 1.07. The molecule has 1 atom stereocenters. The summed E-state index contributed by atoms with van der Waals surface area (Å²) in [7, 11) is 4.52. The van der Waals surface area contributed by atoms with Gasteiger partial charge in [-0.25, -0.2) is 0 Å². The molecule has 1 spiro atoms. The molecule has 12 heavy (non-hydrogen) atoms. The van der Waals surface area contributed by atoms with Gasteiger partial charge in [0.15, 0.2) is 0 Å². The van der Waals surface area contributed by atoms with E-state index >= 15 is 0 Å². The van der Waals surface area contributed by atoms with Gasteiger partial charge < -0.3 is 4.90 Å². The lowest BCUT2D eigenvalue weighted by Crippen LogP contribution is -2.54. The van der Waals surface area contributed by atoms with E-state index in [1.54, 1.807) is 0 Å². The van der Waals surface area contributed by atoms with Crippen LogP contribution < -0.4 is 0 Å². The van der Waals surface area contributed by atoms with Crippen LogP contribution in [0.5, 0.6) is 0 Å². The molecule has 1 saturated heterocycles. The van der Waals surface area contributed by atoms with Crippen LogP contribution in [0.2, 0.25) is 0 Å². The van der Waals surface area contributed by atoms with Gasteiger partial charge in [0.05, 0.1) is 0 Å². The number of piperazine rings is 1. The highest BCUT2D eigenvalue weighted by Gasteiger charge is 2.64. The number of likely N-dealkylation sites (N-methyl/N-ethyl adjacent to an activating group) is 2. The van der Waals surface area contributed by atoms with Crippen LogP contribution in [-0.4, -0.2) is 49.1 Å². The largest absolute Gasteiger partial charge is 0.303 e. The molecule has 1 aliphatic heterocycles. The highest BCUT2D eigenvalue weighted by molar-refractivity contribution is 5.19. The van der Waals surface area contributed by atoms with Crippen molar-refractivity contribution in [1.29, 1.82) is 0 Å². The fourth-order valence-corrected chi connectivity index (χ4v) is 2.79. The summed E-state index contributed by atoms with van der Waals surface area (Å²) >= 11 is 0. The molecule has 0 aromatic heterocycles. The molecule has 2 heteroatoms. The van der Waals surface area contributed by atoms with Crippen molar-refractivity contribution in [2.24, 2.45) is 5.41 Å². The lowest BCUT2D eigenvalue weighted by Gasteiger charge is -2.40. The molecule has 0 aromatic rings. The fraction of sp³-hybridized carbons (Fsp3) is 1.00. The van der Waals surface area contributed by atoms with E-state index in [1.807, 2.05) is 0 Å². The highest BCUT2D eigenvalue weighted by atomic mass is 15.3. The zero-order valence-corrected chi connectivity index (χ0v) is 8.72. The Hall–Kier alpha value is -0.0800. The maximum absolute atomic E-state index is 2.56. The van der Waals surface area contributed by atoms with E-state index in [-0.39, 0.29) is 0 Å². The van der Waals surface area contributed by atoms with E-state index in [1.165, 1.54) is 26.1 Å². The Kier molecular flexibility index (Phi) is 1.59. The molecule has 0 radical (unpaired) electrons. The molecular weight excluding hydrogens is 148 g/mol. The smallest absolute Gasteiger partial charge is 0.0391 e. The van der Waals surface area contributed by atoms with Gasteiger partial charge in [-0.3, -0.25) is 4.90 Å². The third kappa shape index (κ3) is 0.944. The third-order valence-corrected chi connectivity index (χ3v) is 3.95. The third-order valence-electron chi connectivity index (χ3n) is 3.95. The summed E-state index contributed by atoms with van der Waals surface area (Å²) in [4.78, 5) is 5.03. The van der Waals surface area contributed by atoms with Crippen LogP contribution in [0.3, 0.4) is 0 Å². The normalized spacial score (nSPS) is 42.0. The second-order valence-electron chi connectivity index (χ2n) is 5.25. The molecule has 0 N–H and O–H groups in total. The molecule has 2 nitrogen and oxygen atoms in total. The summed E-state index contributed by atoms with van der Waals surface area (Å²) in [6.45, 7) is 8.51. The Morgan fingerprint density at radius 1 is 1.08 bits per heavy atom. The Bertz CT molecular complexity index is 200. The summed E-state index contributed by atoms with van der Waals surface area (Å²) in [5.74, 6) is 0. The van der Waals surface area contributed by atoms with Crippen molar-refractivity contribution in [3.8, 4) is 0 Å². The van der Waals surface area contributed by atoms with Crippen LogP contribution in [-0.2, 0) is 0 Å². The van der Waals surface area contributed by atoms with Crippen molar-refractivity contribution >= 4 is 0 Å². The number of rotatable bonds is 0. The van der Waals surface area contributed by atoms with E-state index in [0.29, 0.717) is 11.0 Å². The standard InChI is InChI=1S/C10H20N2/c1-9(2)7-10(9)8-11(3)5-6-12(10)4/h5-8H2,1-4H3. The molecule has 1 unspecified atom stereocenters. The average molecular weight is 168 g/mol. The highest BCUT2D eigenvalue weighted by Crippen LogP contribution is 2.59. The van der Waals surface area contributed by atoms with Gasteiger partial charge in [-0.15, -0.1) is 0 Å². The Labute approximate surface area is 75.5 Å². The van der Waals surface area contributed by atoms with Crippen LogP contribution in [0.4, 0.5) is 0 Å². The fourth-order valence-electron chi connectivity index (χ4n) is 2.79. The Morgan fingerprint density at radius 3 is 2.08 bits per heavy atom. The number of hydrogen-bond acceptors (Lipinski definition) is 2.